The molecule has 0 radical (unpaired) electrons. The Morgan fingerprint density at radius 3 is 1.43 bits per heavy atom. The normalized spacial score (nSPS) is 12.6. The van der Waals surface area contributed by atoms with Gasteiger partial charge in [-0.05, 0) is 95.4 Å². The number of benzene rings is 9. The average molecular weight is 653 g/mol. The van der Waals surface area contributed by atoms with Crippen molar-refractivity contribution < 1.29 is 9.90 Å². The zero-order chi connectivity index (χ0) is 37.2. The van der Waals surface area contributed by atoms with E-state index < -0.39 is 0 Å². The predicted molar refractivity (Wildman–Crippen MR) is 216 cm³/mol. The molecular formula is C50H32O. The minimum Gasteiger partial charge on any atom is -0.456 e. The van der Waals surface area contributed by atoms with Crippen LogP contribution in [0.3, 0.4) is 0 Å². The van der Waals surface area contributed by atoms with E-state index in [-0.39, 0.29) is 29.7 Å². The molecule has 9 aromatic carbocycles. The van der Waals surface area contributed by atoms with Gasteiger partial charge in [-0.1, -0.05) is 176 Å². The molecule has 51 heavy (non-hydrogen) atoms. The molecule has 0 N–H and O–H groups in total. The molecule has 1 nitrogen and oxygen atoms in total. The highest BCUT2D eigenvalue weighted by Crippen LogP contribution is 2.48. The maximum Gasteiger partial charge on any atom is 0.136 e. The zero-order valence-electron chi connectivity index (χ0n) is 31.6. The van der Waals surface area contributed by atoms with Crippen molar-refractivity contribution in [2.24, 2.45) is 0 Å². The fourth-order valence-corrected chi connectivity index (χ4v) is 7.67. The van der Waals surface area contributed by atoms with Gasteiger partial charge in [-0.15, -0.1) is 0 Å². The van der Waals surface area contributed by atoms with Crippen LogP contribution in [0.15, 0.2) is 198 Å². The van der Waals surface area contributed by atoms with Gasteiger partial charge in [0, 0.05) is 10.8 Å². The minimum absolute atomic E-state index is 0.0575. The molecule has 0 spiro atoms. The third-order valence-electron chi connectivity index (χ3n) is 9.96. The lowest BCUT2D eigenvalue weighted by molar-refractivity contribution is 0.669. The van der Waals surface area contributed by atoms with Crippen LogP contribution < -0.4 is 0 Å². The highest BCUT2D eigenvalue weighted by Gasteiger charge is 2.21. The number of hydrogen-bond donors (Lipinski definition) is 0. The van der Waals surface area contributed by atoms with Crippen LogP contribution in [-0.4, -0.2) is 0 Å². The van der Waals surface area contributed by atoms with Crippen molar-refractivity contribution in [3.8, 4) is 55.6 Å². The molecule has 0 fully saturated rings. The van der Waals surface area contributed by atoms with Crippen molar-refractivity contribution in [1.29, 1.82) is 0 Å². The summed E-state index contributed by atoms with van der Waals surface area (Å²) in [5.74, 6) is 0. The zero-order valence-corrected chi connectivity index (χ0v) is 27.6. The summed E-state index contributed by atoms with van der Waals surface area (Å²) in [6.07, 6.45) is 0. The molecule has 0 saturated carbocycles. The lowest BCUT2D eigenvalue weighted by atomic mass is 9.83. The van der Waals surface area contributed by atoms with Gasteiger partial charge in [-0.3, -0.25) is 0 Å². The Bertz CT molecular complexity index is 3040. The van der Waals surface area contributed by atoms with Crippen molar-refractivity contribution >= 4 is 43.5 Å². The Hall–Kier alpha value is -6.70. The highest BCUT2D eigenvalue weighted by molar-refractivity contribution is 6.26. The summed E-state index contributed by atoms with van der Waals surface area (Å²) in [6, 6.07) is 56.8. The summed E-state index contributed by atoms with van der Waals surface area (Å²) >= 11 is 0. The maximum atomic E-state index is 9.29. The third-order valence-corrected chi connectivity index (χ3v) is 9.96. The summed E-state index contributed by atoms with van der Waals surface area (Å²) in [7, 11) is 0. The van der Waals surface area contributed by atoms with E-state index in [4.69, 9.17) is 7.16 Å². The topological polar surface area (TPSA) is 13.1 Å². The Labute approximate surface area is 302 Å². The summed E-state index contributed by atoms with van der Waals surface area (Å²) < 4.78 is 43.3. The first-order valence-electron chi connectivity index (χ1n) is 19.2. The first-order valence-corrected chi connectivity index (χ1v) is 17.2. The predicted octanol–water partition coefficient (Wildman–Crippen LogP) is 14.2. The number of furan rings is 1. The van der Waals surface area contributed by atoms with Crippen LogP contribution in [0.2, 0.25) is 0 Å². The Morgan fingerprint density at radius 2 is 0.804 bits per heavy atom. The quantitative estimate of drug-likeness (QED) is 0.169. The van der Waals surface area contributed by atoms with E-state index in [0.717, 1.165) is 76.9 Å². The van der Waals surface area contributed by atoms with Gasteiger partial charge in [-0.2, -0.15) is 0 Å². The molecule has 0 amide bonds. The van der Waals surface area contributed by atoms with Gasteiger partial charge < -0.3 is 4.42 Å². The van der Waals surface area contributed by atoms with Gasteiger partial charge in [0.1, 0.15) is 11.2 Å². The van der Waals surface area contributed by atoms with Crippen molar-refractivity contribution in [2.75, 3.05) is 0 Å². The van der Waals surface area contributed by atoms with Gasteiger partial charge in [0.05, 0.1) is 5.48 Å². The van der Waals surface area contributed by atoms with Gasteiger partial charge in [0.25, 0.3) is 0 Å². The van der Waals surface area contributed by atoms with Crippen molar-refractivity contribution in [1.82, 2.24) is 0 Å². The largest absolute Gasteiger partial charge is 0.456 e. The fraction of sp³-hybridized carbons (Fsp3) is 0. The fourth-order valence-electron chi connectivity index (χ4n) is 7.67. The number of rotatable bonds is 5. The van der Waals surface area contributed by atoms with E-state index in [1.54, 1.807) is 0 Å². The standard InChI is InChI=1S/C50H32O/c1-3-14-33(15-4-1)35-26-28-36(29-27-35)38-18-7-8-19-39(38)48-40-20-9-11-22-42(40)49(43-23-12-10-21-41(43)48)44-24-13-25-47-50(44)45-32-37(30-31-46(45)51-47)34-16-5-2-6-17-34/h1-32H/i26D,27D,28D,29D. The smallest absolute Gasteiger partial charge is 0.136 e. The summed E-state index contributed by atoms with van der Waals surface area (Å²) in [4.78, 5) is 0. The van der Waals surface area contributed by atoms with E-state index in [1.165, 1.54) is 0 Å². The summed E-state index contributed by atoms with van der Waals surface area (Å²) in [5.41, 5.74) is 9.81. The lowest BCUT2D eigenvalue weighted by Gasteiger charge is -2.20. The molecule has 1 heteroatoms. The molecule has 0 aliphatic heterocycles. The minimum atomic E-state index is -0.0640. The van der Waals surface area contributed by atoms with E-state index in [1.807, 2.05) is 66.7 Å². The summed E-state index contributed by atoms with van der Waals surface area (Å²) in [6.45, 7) is 0. The van der Waals surface area contributed by atoms with E-state index >= 15 is 0 Å². The first kappa shape index (κ1) is 25.3. The first-order chi connectivity index (χ1) is 27.0. The molecule has 0 aliphatic rings. The van der Waals surface area contributed by atoms with Crippen LogP contribution in [-0.2, 0) is 0 Å². The Morgan fingerprint density at radius 1 is 0.314 bits per heavy atom. The Kier molecular flexibility index (Phi) is 5.96. The van der Waals surface area contributed by atoms with Crippen molar-refractivity contribution in [2.45, 2.75) is 0 Å². The molecule has 0 bridgehead atoms. The van der Waals surface area contributed by atoms with Gasteiger partial charge in [0.15, 0.2) is 0 Å². The third kappa shape index (κ3) is 4.86. The SMILES string of the molecule is [2H]c1c([2H])c(-c2ccccc2-c2c3ccccc3c(-c3cccc4oc5ccc(-c6ccccc6)cc5c34)c3ccccc23)c([2H])c([2H])c1-c1ccccc1. The maximum absolute atomic E-state index is 9.29. The highest BCUT2D eigenvalue weighted by atomic mass is 16.3. The average Bonchev–Trinajstić information content (AvgIpc) is 3.62. The lowest BCUT2D eigenvalue weighted by Crippen LogP contribution is -1.93. The number of hydrogen-bond acceptors (Lipinski definition) is 1. The molecule has 0 aliphatic carbocycles. The van der Waals surface area contributed by atoms with Crippen LogP contribution >= 0.6 is 0 Å². The van der Waals surface area contributed by atoms with Gasteiger partial charge in [-0.25, -0.2) is 0 Å². The van der Waals surface area contributed by atoms with E-state index in [2.05, 4.69) is 103 Å². The molecule has 0 unspecified atom stereocenters. The van der Waals surface area contributed by atoms with Gasteiger partial charge >= 0.3 is 0 Å². The van der Waals surface area contributed by atoms with Crippen LogP contribution in [0, 0.1) is 0 Å². The second kappa shape index (κ2) is 12.0. The molecule has 10 rings (SSSR count). The molecule has 10 aromatic rings. The second-order valence-electron chi connectivity index (χ2n) is 12.9. The summed E-state index contributed by atoms with van der Waals surface area (Å²) in [5, 5.41) is 6.28. The van der Waals surface area contributed by atoms with Crippen LogP contribution in [0.25, 0.3) is 99.1 Å². The van der Waals surface area contributed by atoms with E-state index in [0.29, 0.717) is 16.7 Å². The molecule has 1 aromatic heterocycles. The molecule has 0 atom stereocenters. The Balaban J connectivity index is 1.26. The van der Waals surface area contributed by atoms with Crippen LogP contribution in [0.4, 0.5) is 0 Å². The second-order valence-corrected chi connectivity index (χ2v) is 12.9. The molecule has 238 valence electrons. The van der Waals surface area contributed by atoms with Gasteiger partial charge in [0.2, 0.25) is 0 Å². The van der Waals surface area contributed by atoms with Crippen molar-refractivity contribution in [3.05, 3.63) is 194 Å². The molecule has 1 heterocycles. The molecular weight excluding hydrogens is 617 g/mol. The van der Waals surface area contributed by atoms with Crippen LogP contribution in [0.1, 0.15) is 5.48 Å². The van der Waals surface area contributed by atoms with Crippen molar-refractivity contribution in [3.63, 3.8) is 0 Å². The molecule has 0 saturated heterocycles. The number of fused-ring (bicyclic) bond motifs is 5. The van der Waals surface area contributed by atoms with Crippen LogP contribution in [0.5, 0.6) is 0 Å². The monoisotopic (exact) mass is 652 g/mol. The van der Waals surface area contributed by atoms with E-state index in [9.17, 15) is 2.74 Å².